The highest BCUT2D eigenvalue weighted by Crippen LogP contribution is 2.23. The fourth-order valence-electron chi connectivity index (χ4n) is 1.91. The van der Waals surface area contributed by atoms with E-state index in [0.717, 1.165) is 19.2 Å². The molecule has 10 heavy (non-hydrogen) atoms. The van der Waals surface area contributed by atoms with E-state index in [2.05, 4.69) is 5.32 Å². The summed E-state index contributed by atoms with van der Waals surface area (Å²) in [6.07, 6.45) is 5.62. The van der Waals surface area contributed by atoms with Crippen LogP contribution in [-0.2, 0) is 4.74 Å². The van der Waals surface area contributed by atoms with Crippen molar-refractivity contribution < 1.29 is 4.74 Å². The summed E-state index contributed by atoms with van der Waals surface area (Å²) in [5.41, 5.74) is 0. The molecule has 1 aliphatic carbocycles. The zero-order chi connectivity index (χ0) is 6.81. The van der Waals surface area contributed by atoms with Gasteiger partial charge in [-0.15, -0.1) is 0 Å². The molecular formula is C8H15NO. The highest BCUT2D eigenvalue weighted by atomic mass is 16.5. The predicted octanol–water partition coefficient (Wildman–Crippen LogP) is 0.917. The van der Waals surface area contributed by atoms with Gasteiger partial charge in [0.2, 0.25) is 0 Å². The van der Waals surface area contributed by atoms with Crippen molar-refractivity contribution in [3.05, 3.63) is 0 Å². The van der Waals surface area contributed by atoms with Crippen LogP contribution in [0.2, 0.25) is 0 Å². The molecule has 2 nitrogen and oxygen atoms in total. The van der Waals surface area contributed by atoms with Crippen molar-refractivity contribution >= 4 is 0 Å². The Morgan fingerprint density at radius 2 is 2.30 bits per heavy atom. The molecule has 2 bridgehead atoms. The zero-order valence-corrected chi connectivity index (χ0v) is 6.31. The third-order valence-corrected chi connectivity index (χ3v) is 2.49. The van der Waals surface area contributed by atoms with Gasteiger partial charge in [0, 0.05) is 12.6 Å². The SMILES string of the molecule is C1CNC2CCC(C2)OC1. The lowest BCUT2D eigenvalue weighted by Crippen LogP contribution is -2.31. The fourth-order valence-corrected chi connectivity index (χ4v) is 1.91. The average molecular weight is 141 g/mol. The molecule has 2 fully saturated rings. The first kappa shape index (κ1) is 6.62. The van der Waals surface area contributed by atoms with Gasteiger partial charge in [-0.05, 0) is 32.2 Å². The van der Waals surface area contributed by atoms with E-state index in [1.807, 2.05) is 0 Å². The molecule has 1 N–H and O–H groups in total. The van der Waals surface area contributed by atoms with Gasteiger partial charge in [0.15, 0.2) is 0 Å². The Kier molecular flexibility index (Phi) is 1.91. The Morgan fingerprint density at radius 1 is 1.30 bits per heavy atom. The highest BCUT2D eigenvalue weighted by molar-refractivity contribution is 4.82. The lowest BCUT2D eigenvalue weighted by molar-refractivity contribution is 0.0496. The summed E-state index contributed by atoms with van der Waals surface area (Å²) in [4.78, 5) is 0. The second-order valence-electron chi connectivity index (χ2n) is 3.31. The topological polar surface area (TPSA) is 21.3 Å². The number of fused-ring (bicyclic) bond motifs is 2. The zero-order valence-electron chi connectivity index (χ0n) is 6.31. The van der Waals surface area contributed by atoms with E-state index < -0.39 is 0 Å². The van der Waals surface area contributed by atoms with Crippen LogP contribution in [0.25, 0.3) is 0 Å². The van der Waals surface area contributed by atoms with E-state index in [9.17, 15) is 0 Å². The van der Waals surface area contributed by atoms with Crippen molar-refractivity contribution in [1.82, 2.24) is 5.32 Å². The molecule has 0 amide bonds. The lowest BCUT2D eigenvalue weighted by atomic mass is 10.2. The van der Waals surface area contributed by atoms with Crippen LogP contribution in [0.4, 0.5) is 0 Å². The van der Waals surface area contributed by atoms with Gasteiger partial charge in [0.1, 0.15) is 0 Å². The van der Waals surface area contributed by atoms with E-state index in [-0.39, 0.29) is 0 Å². The quantitative estimate of drug-likeness (QED) is 0.541. The maximum Gasteiger partial charge on any atom is 0.0590 e. The van der Waals surface area contributed by atoms with E-state index in [1.165, 1.54) is 25.7 Å². The van der Waals surface area contributed by atoms with Crippen LogP contribution in [0, 0.1) is 0 Å². The van der Waals surface area contributed by atoms with Crippen molar-refractivity contribution in [3.63, 3.8) is 0 Å². The largest absolute Gasteiger partial charge is 0.378 e. The van der Waals surface area contributed by atoms with Gasteiger partial charge in [-0.1, -0.05) is 0 Å². The number of hydrogen-bond donors (Lipinski definition) is 1. The summed E-state index contributed by atoms with van der Waals surface area (Å²) < 4.78 is 5.63. The molecule has 2 atom stereocenters. The number of rotatable bonds is 0. The second kappa shape index (κ2) is 2.89. The van der Waals surface area contributed by atoms with Crippen LogP contribution < -0.4 is 5.32 Å². The minimum absolute atomic E-state index is 0.581. The molecular weight excluding hydrogens is 126 g/mol. The standard InChI is InChI=1S/C8H15NO/c1-4-9-7-2-3-8(6-7)10-5-1/h7-9H,1-6H2. The minimum Gasteiger partial charge on any atom is -0.378 e. The molecule has 0 aromatic rings. The van der Waals surface area contributed by atoms with Crippen LogP contribution >= 0.6 is 0 Å². The summed E-state index contributed by atoms with van der Waals surface area (Å²) in [6.45, 7) is 2.11. The molecule has 0 spiro atoms. The van der Waals surface area contributed by atoms with Crippen molar-refractivity contribution in [1.29, 1.82) is 0 Å². The van der Waals surface area contributed by atoms with Gasteiger partial charge in [-0.25, -0.2) is 0 Å². The third-order valence-electron chi connectivity index (χ3n) is 2.49. The molecule has 1 saturated heterocycles. The molecule has 1 saturated carbocycles. The molecule has 58 valence electrons. The maximum absolute atomic E-state index is 5.63. The van der Waals surface area contributed by atoms with E-state index in [4.69, 9.17) is 4.74 Å². The summed E-state index contributed by atoms with van der Waals surface area (Å²) in [6, 6.07) is 0.769. The first-order chi connectivity index (χ1) is 4.95. The summed E-state index contributed by atoms with van der Waals surface area (Å²) in [7, 11) is 0. The third kappa shape index (κ3) is 1.32. The van der Waals surface area contributed by atoms with Crippen LogP contribution in [-0.4, -0.2) is 25.3 Å². The molecule has 2 unspecified atom stereocenters. The van der Waals surface area contributed by atoms with Gasteiger partial charge in [-0.2, -0.15) is 0 Å². The van der Waals surface area contributed by atoms with Crippen molar-refractivity contribution in [2.45, 2.75) is 37.8 Å². The molecule has 2 heteroatoms. The van der Waals surface area contributed by atoms with E-state index in [0.29, 0.717) is 6.10 Å². The molecule has 1 heterocycles. The lowest BCUT2D eigenvalue weighted by Gasteiger charge is -2.17. The van der Waals surface area contributed by atoms with E-state index >= 15 is 0 Å². The second-order valence-corrected chi connectivity index (χ2v) is 3.31. The summed E-state index contributed by atoms with van der Waals surface area (Å²) >= 11 is 0. The van der Waals surface area contributed by atoms with Crippen LogP contribution in [0.3, 0.4) is 0 Å². The molecule has 0 aromatic heterocycles. The molecule has 2 aliphatic rings. The Labute approximate surface area is 61.9 Å². The van der Waals surface area contributed by atoms with Gasteiger partial charge in [-0.3, -0.25) is 0 Å². The average Bonchev–Trinajstić information content (AvgIpc) is 2.30. The minimum atomic E-state index is 0.581. The maximum atomic E-state index is 5.63. The molecule has 2 rings (SSSR count). The first-order valence-corrected chi connectivity index (χ1v) is 4.30. The van der Waals surface area contributed by atoms with Gasteiger partial charge < -0.3 is 10.1 Å². The van der Waals surface area contributed by atoms with Gasteiger partial charge in [0.05, 0.1) is 6.10 Å². The summed E-state index contributed by atoms with van der Waals surface area (Å²) in [5, 5.41) is 3.53. The number of nitrogens with one attached hydrogen (secondary N) is 1. The van der Waals surface area contributed by atoms with Crippen LogP contribution in [0.15, 0.2) is 0 Å². The van der Waals surface area contributed by atoms with Crippen molar-refractivity contribution in [3.8, 4) is 0 Å². The van der Waals surface area contributed by atoms with Crippen molar-refractivity contribution in [2.24, 2.45) is 0 Å². The fraction of sp³-hybridized carbons (Fsp3) is 1.00. The summed E-state index contributed by atoms with van der Waals surface area (Å²) in [5.74, 6) is 0. The van der Waals surface area contributed by atoms with Gasteiger partial charge in [0.25, 0.3) is 0 Å². The smallest absolute Gasteiger partial charge is 0.0590 e. The number of ether oxygens (including phenoxy) is 1. The molecule has 0 radical (unpaired) electrons. The molecule has 1 aliphatic heterocycles. The molecule has 0 aromatic carbocycles. The van der Waals surface area contributed by atoms with E-state index in [1.54, 1.807) is 0 Å². The normalized spacial score (nSPS) is 40.8. The monoisotopic (exact) mass is 141 g/mol. The predicted molar refractivity (Wildman–Crippen MR) is 40.0 cm³/mol. The van der Waals surface area contributed by atoms with Crippen LogP contribution in [0.5, 0.6) is 0 Å². The Balaban J connectivity index is 1.91. The van der Waals surface area contributed by atoms with Gasteiger partial charge >= 0.3 is 0 Å². The Bertz CT molecular complexity index is 104. The Morgan fingerprint density at radius 3 is 3.30 bits per heavy atom. The number of hydrogen-bond acceptors (Lipinski definition) is 2. The first-order valence-electron chi connectivity index (χ1n) is 4.30. The van der Waals surface area contributed by atoms with Crippen LogP contribution in [0.1, 0.15) is 25.7 Å². The van der Waals surface area contributed by atoms with Crippen molar-refractivity contribution in [2.75, 3.05) is 13.2 Å². The Hall–Kier alpha value is -0.0800. The highest BCUT2D eigenvalue weighted by Gasteiger charge is 2.25.